The number of thiophene rings is 1. The minimum atomic E-state index is -1.01. The number of aromatic nitrogens is 1. The molecule has 0 bridgehead atoms. The summed E-state index contributed by atoms with van der Waals surface area (Å²) in [4.78, 5) is 16.3. The first-order chi connectivity index (χ1) is 10.0. The number of pyridine rings is 1. The molecule has 108 valence electrons. The first-order valence-electron chi connectivity index (χ1n) is 6.36. The molecule has 1 N–H and O–H groups in total. The topological polar surface area (TPSA) is 83.2 Å². The molecule has 2 aromatic rings. The zero-order chi connectivity index (χ0) is 15.4. The van der Waals surface area contributed by atoms with Gasteiger partial charge in [-0.3, -0.25) is 0 Å². The van der Waals surface area contributed by atoms with Crippen LogP contribution in [0.1, 0.15) is 45.6 Å². The molecule has 0 saturated carbocycles. The molecule has 0 aliphatic heterocycles. The lowest BCUT2D eigenvalue weighted by Gasteiger charge is -2.06. The Kier molecular flexibility index (Phi) is 4.55. The third-order valence-corrected chi connectivity index (χ3v) is 4.27. The lowest BCUT2D eigenvalue weighted by atomic mass is 10.2. The molecule has 0 fully saturated rings. The van der Waals surface area contributed by atoms with Gasteiger partial charge in [0.05, 0.1) is 0 Å². The molecular weight excluding hydrogens is 288 g/mol. The van der Waals surface area contributed by atoms with Crippen molar-refractivity contribution in [3.63, 3.8) is 0 Å². The van der Waals surface area contributed by atoms with Gasteiger partial charge in [-0.2, -0.15) is 5.26 Å². The van der Waals surface area contributed by atoms with Crippen LogP contribution in [-0.2, 0) is 6.61 Å². The van der Waals surface area contributed by atoms with Crippen molar-refractivity contribution < 1.29 is 14.6 Å². The van der Waals surface area contributed by atoms with Crippen LogP contribution in [0.25, 0.3) is 0 Å². The second kappa shape index (κ2) is 6.37. The van der Waals surface area contributed by atoms with E-state index in [-0.39, 0.29) is 23.1 Å². The zero-order valence-electron chi connectivity index (χ0n) is 11.7. The highest BCUT2D eigenvalue weighted by atomic mass is 32.1. The van der Waals surface area contributed by atoms with Gasteiger partial charge in [0.2, 0.25) is 0 Å². The van der Waals surface area contributed by atoms with E-state index in [0.29, 0.717) is 11.3 Å². The van der Waals surface area contributed by atoms with Gasteiger partial charge in [0, 0.05) is 16.6 Å². The van der Waals surface area contributed by atoms with Crippen LogP contribution in [0, 0.1) is 11.3 Å². The Balaban J connectivity index is 2.24. The molecule has 6 heteroatoms. The van der Waals surface area contributed by atoms with Crippen LogP contribution in [0.3, 0.4) is 0 Å². The first-order valence-corrected chi connectivity index (χ1v) is 7.18. The number of nitriles is 1. The van der Waals surface area contributed by atoms with E-state index in [1.54, 1.807) is 18.2 Å². The van der Waals surface area contributed by atoms with E-state index in [0.717, 1.165) is 4.88 Å². The third kappa shape index (κ3) is 3.38. The van der Waals surface area contributed by atoms with Gasteiger partial charge in [-0.25, -0.2) is 9.78 Å². The summed E-state index contributed by atoms with van der Waals surface area (Å²) < 4.78 is 5.60. The summed E-state index contributed by atoms with van der Waals surface area (Å²) in [6.07, 6.45) is 1.53. The minimum Gasteiger partial charge on any atom is -0.487 e. The van der Waals surface area contributed by atoms with Crippen LogP contribution in [0.2, 0.25) is 0 Å². The van der Waals surface area contributed by atoms with Crippen LogP contribution in [0.5, 0.6) is 5.75 Å². The maximum Gasteiger partial charge on any atom is 0.349 e. The number of aromatic carboxylic acids is 1. The number of carboxylic acids is 1. The molecule has 5 nitrogen and oxygen atoms in total. The van der Waals surface area contributed by atoms with Crippen LogP contribution in [-0.4, -0.2) is 16.1 Å². The molecule has 0 aromatic carbocycles. The standard InChI is InChI=1S/C15H14N2O3S/c1-9(2)13-6-12(14(21-13)15(18)19)20-8-10-4-3-5-17-11(10)7-16/h3-6,9H,8H2,1-2H3,(H,18,19). The Morgan fingerprint density at radius 1 is 1.57 bits per heavy atom. The predicted octanol–water partition coefficient (Wildman–Crippen LogP) is 3.42. The van der Waals surface area contributed by atoms with Gasteiger partial charge in [-0.05, 0) is 18.1 Å². The molecule has 0 unspecified atom stereocenters. The number of hydrogen-bond acceptors (Lipinski definition) is 5. The number of carboxylic acid groups (broad SMARTS) is 1. The van der Waals surface area contributed by atoms with Gasteiger partial charge in [0.25, 0.3) is 0 Å². The third-order valence-electron chi connectivity index (χ3n) is 2.86. The second-order valence-corrected chi connectivity index (χ2v) is 5.80. The summed E-state index contributed by atoms with van der Waals surface area (Å²) in [6.45, 7) is 4.11. The molecule has 2 aromatic heterocycles. The molecule has 0 aliphatic rings. The monoisotopic (exact) mass is 302 g/mol. The molecule has 0 amide bonds. The van der Waals surface area contributed by atoms with Crippen LogP contribution < -0.4 is 4.74 Å². The SMILES string of the molecule is CC(C)c1cc(OCc2cccnc2C#N)c(C(=O)O)s1. The molecule has 0 radical (unpaired) electrons. The smallest absolute Gasteiger partial charge is 0.349 e. The van der Waals surface area contributed by atoms with Crippen molar-refractivity contribution in [1.82, 2.24) is 4.98 Å². The summed E-state index contributed by atoms with van der Waals surface area (Å²) in [5, 5.41) is 18.2. The average Bonchev–Trinajstić information content (AvgIpc) is 2.90. The van der Waals surface area contributed by atoms with Crippen molar-refractivity contribution in [2.75, 3.05) is 0 Å². The van der Waals surface area contributed by atoms with Crippen molar-refractivity contribution in [2.45, 2.75) is 26.4 Å². The lowest BCUT2D eigenvalue weighted by molar-refractivity contribution is 0.0697. The first kappa shape index (κ1) is 15.0. The summed E-state index contributed by atoms with van der Waals surface area (Å²) in [7, 11) is 0. The van der Waals surface area contributed by atoms with Crippen LogP contribution in [0.4, 0.5) is 0 Å². The number of hydrogen-bond donors (Lipinski definition) is 1. The Morgan fingerprint density at radius 3 is 2.95 bits per heavy atom. The number of carbonyl (C=O) groups is 1. The quantitative estimate of drug-likeness (QED) is 0.915. The van der Waals surface area contributed by atoms with Gasteiger partial charge in [-0.1, -0.05) is 19.9 Å². The van der Waals surface area contributed by atoms with Gasteiger partial charge < -0.3 is 9.84 Å². The van der Waals surface area contributed by atoms with E-state index in [1.807, 2.05) is 19.9 Å². The van der Waals surface area contributed by atoms with Crippen LogP contribution in [0.15, 0.2) is 24.4 Å². The maximum atomic E-state index is 11.3. The van der Waals surface area contributed by atoms with E-state index >= 15 is 0 Å². The molecule has 0 aliphatic carbocycles. The lowest BCUT2D eigenvalue weighted by Crippen LogP contribution is -2.02. The highest BCUT2D eigenvalue weighted by Gasteiger charge is 2.18. The molecule has 2 heterocycles. The molecule has 2 rings (SSSR count). The maximum absolute atomic E-state index is 11.3. The Hall–Kier alpha value is -2.39. The average molecular weight is 302 g/mol. The normalized spacial score (nSPS) is 10.4. The summed E-state index contributed by atoms with van der Waals surface area (Å²) in [5.74, 6) is -0.434. The van der Waals surface area contributed by atoms with Crippen molar-refractivity contribution in [3.05, 3.63) is 45.4 Å². The fourth-order valence-electron chi connectivity index (χ4n) is 1.74. The van der Waals surface area contributed by atoms with E-state index in [2.05, 4.69) is 4.98 Å². The van der Waals surface area contributed by atoms with Crippen molar-refractivity contribution in [3.8, 4) is 11.8 Å². The number of nitrogens with zero attached hydrogens (tertiary/aromatic N) is 2. The highest BCUT2D eigenvalue weighted by molar-refractivity contribution is 7.14. The molecule has 21 heavy (non-hydrogen) atoms. The minimum absolute atomic E-state index is 0.116. The van der Waals surface area contributed by atoms with Gasteiger partial charge in [0.15, 0.2) is 4.88 Å². The van der Waals surface area contributed by atoms with Gasteiger partial charge >= 0.3 is 5.97 Å². The van der Waals surface area contributed by atoms with Crippen molar-refractivity contribution in [1.29, 1.82) is 5.26 Å². The van der Waals surface area contributed by atoms with E-state index in [9.17, 15) is 9.90 Å². The molecular formula is C15H14N2O3S. The number of rotatable bonds is 5. The van der Waals surface area contributed by atoms with E-state index in [1.165, 1.54) is 17.5 Å². The molecule has 0 spiro atoms. The highest BCUT2D eigenvalue weighted by Crippen LogP contribution is 2.34. The van der Waals surface area contributed by atoms with Gasteiger partial charge in [-0.15, -0.1) is 11.3 Å². The number of ether oxygens (including phenoxy) is 1. The zero-order valence-corrected chi connectivity index (χ0v) is 12.5. The van der Waals surface area contributed by atoms with Crippen LogP contribution >= 0.6 is 11.3 Å². The Labute approximate surface area is 126 Å². The Bertz CT molecular complexity index is 701. The predicted molar refractivity (Wildman–Crippen MR) is 78.7 cm³/mol. The van der Waals surface area contributed by atoms with Gasteiger partial charge in [0.1, 0.15) is 24.1 Å². The summed E-state index contributed by atoms with van der Waals surface area (Å²) in [5.41, 5.74) is 0.919. The molecule has 0 saturated heterocycles. The van der Waals surface area contributed by atoms with Crippen molar-refractivity contribution >= 4 is 17.3 Å². The molecule has 0 atom stereocenters. The fourth-order valence-corrected chi connectivity index (χ4v) is 2.69. The Morgan fingerprint density at radius 2 is 2.33 bits per heavy atom. The van der Waals surface area contributed by atoms with E-state index < -0.39 is 5.97 Å². The largest absolute Gasteiger partial charge is 0.487 e. The summed E-state index contributed by atoms with van der Waals surface area (Å²) in [6, 6.07) is 7.19. The summed E-state index contributed by atoms with van der Waals surface area (Å²) >= 11 is 1.22. The second-order valence-electron chi connectivity index (χ2n) is 4.71. The van der Waals surface area contributed by atoms with E-state index in [4.69, 9.17) is 10.00 Å². The van der Waals surface area contributed by atoms with Crippen molar-refractivity contribution in [2.24, 2.45) is 0 Å². The fraction of sp³-hybridized carbons (Fsp3) is 0.267.